The molecule has 0 aromatic heterocycles. The standard InChI is InChI=1S/C26H36F3N3O3S/c1-20(31(2)3)19-22(30)9-7-5-6-8-18-35-24-14-12-23(13-15-24)32(4)36(33,34)25-16-10-21(11-17-25)26(27,28)29/h10-17,20,30H,5-9,18-19H2,1-4H3. The number of nitrogens with one attached hydrogen (secondary N) is 1. The lowest BCUT2D eigenvalue weighted by molar-refractivity contribution is -0.137. The third-order valence-corrected chi connectivity index (χ3v) is 7.91. The Balaban J connectivity index is 1.77. The highest BCUT2D eigenvalue weighted by atomic mass is 32.2. The van der Waals surface area contributed by atoms with Gasteiger partial charge in [0, 0.05) is 25.2 Å². The van der Waals surface area contributed by atoms with Crippen LogP contribution in [0.2, 0.25) is 0 Å². The quantitative estimate of drug-likeness (QED) is 0.234. The Labute approximate surface area is 212 Å². The predicted octanol–water partition coefficient (Wildman–Crippen LogP) is 6.22. The molecular formula is C26H36F3N3O3S. The van der Waals surface area contributed by atoms with Gasteiger partial charge in [-0.25, -0.2) is 8.42 Å². The monoisotopic (exact) mass is 527 g/mol. The molecule has 0 bridgehead atoms. The average Bonchev–Trinajstić information content (AvgIpc) is 2.82. The fraction of sp³-hybridized carbons (Fsp3) is 0.500. The van der Waals surface area contributed by atoms with Crippen molar-refractivity contribution in [2.75, 3.05) is 32.1 Å². The van der Waals surface area contributed by atoms with Crippen molar-refractivity contribution in [1.29, 1.82) is 5.41 Å². The fourth-order valence-electron chi connectivity index (χ4n) is 3.49. The second-order valence-electron chi connectivity index (χ2n) is 9.12. The molecule has 0 saturated heterocycles. The van der Waals surface area contributed by atoms with E-state index in [1.807, 2.05) is 14.1 Å². The molecule has 200 valence electrons. The Kier molecular flexibility index (Phi) is 10.8. The van der Waals surface area contributed by atoms with Gasteiger partial charge in [0.1, 0.15) is 5.75 Å². The van der Waals surface area contributed by atoms with Gasteiger partial charge in [-0.1, -0.05) is 12.8 Å². The first-order valence-electron chi connectivity index (χ1n) is 11.9. The first kappa shape index (κ1) is 29.6. The fourth-order valence-corrected chi connectivity index (χ4v) is 4.69. The van der Waals surface area contributed by atoms with Gasteiger partial charge in [0.05, 0.1) is 22.8 Å². The highest BCUT2D eigenvalue weighted by Crippen LogP contribution is 2.31. The van der Waals surface area contributed by atoms with Crippen LogP contribution in [-0.4, -0.2) is 52.8 Å². The van der Waals surface area contributed by atoms with Crippen LogP contribution >= 0.6 is 0 Å². The number of unbranched alkanes of at least 4 members (excludes halogenated alkanes) is 3. The molecule has 2 aromatic rings. The zero-order valence-corrected chi connectivity index (χ0v) is 22.1. The van der Waals surface area contributed by atoms with E-state index in [0.717, 1.165) is 72.8 Å². The summed E-state index contributed by atoms with van der Waals surface area (Å²) in [7, 11) is 1.39. The Morgan fingerprint density at radius 1 is 0.944 bits per heavy atom. The summed E-state index contributed by atoms with van der Waals surface area (Å²) in [6.07, 6.45) is 1.00. The van der Waals surface area contributed by atoms with E-state index in [1.165, 1.54) is 7.05 Å². The van der Waals surface area contributed by atoms with Crippen LogP contribution in [0.15, 0.2) is 53.4 Å². The van der Waals surface area contributed by atoms with Crippen molar-refractivity contribution in [2.24, 2.45) is 0 Å². The van der Waals surface area contributed by atoms with E-state index in [1.54, 1.807) is 24.3 Å². The number of hydrogen-bond acceptors (Lipinski definition) is 5. The van der Waals surface area contributed by atoms with E-state index in [-0.39, 0.29) is 4.90 Å². The van der Waals surface area contributed by atoms with E-state index in [2.05, 4.69) is 11.8 Å². The molecule has 10 heteroatoms. The predicted molar refractivity (Wildman–Crippen MR) is 138 cm³/mol. The van der Waals surface area contributed by atoms with Crippen LogP contribution in [0.1, 0.15) is 51.0 Å². The van der Waals surface area contributed by atoms with E-state index < -0.39 is 21.8 Å². The molecule has 0 radical (unpaired) electrons. The highest BCUT2D eigenvalue weighted by Gasteiger charge is 2.31. The Morgan fingerprint density at radius 3 is 2.08 bits per heavy atom. The number of nitrogens with zero attached hydrogens (tertiary/aromatic N) is 2. The second kappa shape index (κ2) is 13.1. The largest absolute Gasteiger partial charge is 0.494 e. The van der Waals surface area contributed by atoms with Gasteiger partial charge in [-0.2, -0.15) is 13.2 Å². The Hall–Kier alpha value is -2.59. The molecule has 36 heavy (non-hydrogen) atoms. The summed E-state index contributed by atoms with van der Waals surface area (Å²) in [5, 5.41) is 8.07. The maximum absolute atomic E-state index is 12.8. The van der Waals surface area contributed by atoms with Gasteiger partial charge in [0.15, 0.2) is 0 Å². The zero-order chi connectivity index (χ0) is 26.9. The molecule has 2 rings (SSSR count). The number of hydrogen-bond donors (Lipinski definition) is 1. The number of benzene rings is 2. The van der Waals surface area contributed by atoms with E-state index in [4.69, 9.17) is 10.1 Å². The van der Waals surface area contributed by atoms with Crippen LogP contribution in [0.3, 0.4) is 0 Å². The average molecular weight is 528 g/mol. The molecule has 0 spiro atoms. The van der Waals surface area contributed by atoms with E-state index in [0.29, 0.717) is 24.1 Å². The summed E-state index contributed by atoms with van der Waals surface area (Å²) >= 11 is 0. The smallest absolute Gasteiger partial charge is 0.416 e. The Morgan fingerprint density at radius 2 is 1.53 bits per heavy atom. The molecule has 1 atom stereocenters. The van der Waals surface area contributed by atoms with Crippen LogP contribution in [0.4, 0.5) is 18.9 Å². The minimum Gasteiger partial charge on any atom is -0.494 e. The van der Waals surface area contributed by atoms with Crippen molar-refractivity contribution in [3.8, 4) is 5.75 Å². The lowest BCUT2D eigenvalue weighted by atomic mass is 10.0. The summed E-state index contributed by atoms with van der Waals surface area (Å²) < 4.78 is 70.6. The lowest BCUT2D eigenvalue weighted by Gasteiger charge is -2.20. The van der Waals surface area contributed by atoms with Crippen molar-refractivity contribution < 1.29 is 26.3 Å². The van der Waals surface area contributed by atoms with Gasteiger partial charge in [-0.3, -0.25) is 4.31 Å². The van der Waals surface area contributed by atoms with Gasteiger partial charge >= 0.3 is 6.18 Å². The molecule has 0 aliphatic rings. The van der Waals surface area contributed by atoms with Crippen molar-refractivity contribution in [3.63, 3.8) is 0 Å². The van der Waals surface area contributed by atoms with Crippen molar-refractivity contribution in [1.82, 2.24) is 4.90 Å². The summed E-state index contributed by atoms with van der Waals surface area (Å²) in [5.41, 5.74) is 0.255. The van der Waals surface area contributed by atoms with Crippen LogP contribution in [0, 0.1) is 5.41 Å². The molecule has 0 fully saturated rings. The van der Waals surface area contributed by atoms with Crippen molar-refractivity contribution in [3.05, 3.63) is 54.1 Å². The molecule has 2 aromatic carbocycles. The highest BCUT2D eigenvalue weighted by molar-refractivity contribution is 7.92. The lowest BCUT2D eigenvalue weighted by Crippen LogP contribution is -2.26. The molecule has 1 N–H and O–H groups in total. The van der Waals surface area contributed by atoms with Crippen LogP contribution in [-0.2, 0) is 16.2 Å². The molecule has 0 saturated carbocycles. The van der Waals surface area contributed by atoms with Crippen molar-refractivity contribution >= 4 is 21.4 Å². The normalized spacial score (nSPS) is 13.0. The molecule has 0 amide bonds. The summed E-state index contributed by atoms with van der Waals surface area (Å²) in [6, 6.07) is 10.3. The van der Waals surface area contributed by atoms with E-state index in [9.17, 15) is 21.6 Å². The maximum Gasteiger partial charge on any atom is 0.416 e. The van der Waals surface area contributed by atoms with Gasteiger partial charge in [0.2, 0.25) is 0 Å². The van der Waals surface area contributed by atoms with Crippen LogP contribution in [0.5, 0.6) is 5.75 Å². The molecule has 0 aliphatic heterocycles. The molecule has 6 nitrogen and oxygen atoms in total. The third kappa shape index (κ3) is 8.81. The zero-order valence-electron chi connectivity index (χ0n) is 21.3. The number of halogens is 3. The minimum atomic E-state index is -4.53. The minimum absolute atomic E-state index is 0.222. The second-order valence-corrected chi connectivity index (χ2v) is 11.1. The third-order valence-electron chi connectivity index (χ3n) is 6.11. The van der Waals surface area contributed by atoms with Crippen molar-refractivity contribution in [2.45, 2.75) is 62.6 Å². The first-order chi connectivity index (χ1) is 16.8. The van der Waals surface area contributed by atoms with Gasteiger partial charge < -0.3 is 15.0 Å². The molecule has 0 aliphatic carbocycles. The number of ether oxygens (including phenoxy) is 1. The van der Waals surface area contributed by atoms with E-state index >= 15 is 0 Å². The first-order valence-corrected chi connectivity index (χ1v) is 13.4. The van der Waals surface area contributed by atoms with Crippen LogP contribution < -0.4 is 9.04 Å². The number of sulfonamides is 1. The number of rotatable bonds is 14. The topological polar surface area (TPSA) is 73.7 Å². The van der Waals surface area contributed by atoms with Gasteiger partial charge in [-0.05, 0) is 88.8 Å². The summed E-state index contributed by atoms with van der Waals surface area (Å²) in [6.45, 7) is 2.66. The number of anilines is 1. The number of alkyl halides is 3. The summed E-state index contributed by atoms with van der Waals surface area (Å²) in [4.78, 5) is 1.90. The van der Waals surface area contributed by atoms with Gasteiger partial charge in [-0.15, -0.1) is 0 Å². The molecule has 1 unspecified atom stereocenters. The SMILES string of the molecule is CC(CC(=N)CCCCCCOc1ccc(N(C)S(=O)(=O)c2ccc(C(F)(F)F)cc2)cc1)N(C)C. The Bertz CT molecular complexity index is 1070. The molecular weight excluding hydrogens is 491 g/mol. The summed E-state index contributed by atoms with van der Waals surface area (Å²) in [5.74, 6) is 0.610. The van der Waals surface area contributed by atoms with Gasteiger partial charge in [0.25, 0.3) is 10.0 Å². The molecule has 0 heterocycles. The van der Waals surface area contributed by atoms with Crippen LogP contribution in [0.25, 0.3) is 0 Å². The maximum atomic E-state index is 12.8.